The standard InChI is InChI=1S/C15H16O2/c1-9-7-12(16)8-10(2)15(9)13-5-4-6-14(17)11(13)3/h4-8,16-17H,1-3H3. The Labute approximate surface area is 101 Å². The van der Waals surface area contributed by atoms with Crippen LogP contribution < -0.4 is 0 Å². The van der Waals surface area contributed by atoms with Crippen LogP contribution in [0, 0.1) is 20.8 Å². The first-order valence-corrected chi connectivity index (χ1v) is 5.60. The second kappa shape index (κ2) is 4.13. The fourth-order valence-electron chi connectivity index (χ4n) is 2.26. The Hall–Kier alpha value is -1.96. The fraction of sp³-hybridized carbons (Fsp3) is 0.200. The van der Waals surface area contributed by atoms with E-state index in [-0.39, 0.29) is 5.75 Å². The van der Waals surface area contributed by atoms with Crippen molar-refractivity contribution in [2.75, 3.05) is 0 Å². The molecule has 88 valence electrons. The lowest BCUT2D eigenvalue weighted by atomic mass is 9.92. The van der Waals surface area contributed by atoms with Gasteiger partial charge in [0.15, 0.2) is 0 Å². The molecule has 0 aliphatic carbocycles. The van der Waals surface area contributed by atoms with Crippen molar-refractivity contribution in [3.05, 3.63) is 47.0 Å². The first kappa shape index (κ1) is 11.5. The Morgan fingerprint density at radius 2 is 1.47 bits per heavy atom. The average Bonchev–Trinajstić information content (AvgIpc) is 2.23. The van der Waals surface area contributed by atoms with Gasteiger partial charge in [0.05, 0.1) is 0 Å². The molecule has 0 heterocycles. The van der Waals surface area contributed by atoms with Gasteiger partial charge in [0.1, 0.15) is 11.5 Å². The largest absolute Gasteiger partial charge is 0.508 e. The van der Waals surface area contributed by atoms with E-state index in [1.165, 1.54) is 0 Å². The van der Waals surface area contributed by atoms with Crippen molar-refractivity contribution in [3.8, 4) is 22.6 Å². The van der Waals surface area contributed by atoms with Crippen LogP contribution >= 0.6 is 0 Å². The van der Waals surface area contributed by atoms with Gasteiger partial charge in [0, 0.05) is 0 Å². The lowest BCUT2D eigenvalue weighted by Gasteiger charge is -2.14. The van der Waals surface area contributed by atoms with Crippen molar-refractivity contribution < 1.29 is 10.2 Å². The van der Waals surface area contributed by atoms with E-state index in [0.717, 1.165) is 27.8 Å². The number of rotatable bonds is 1. The highest BCUT2D eigenvalue weighted by atomic mass is 16.3. The summed E-state index contributed by atoms with van der Waals surface area (Å²) in [5.41, 5.74) is 4.98. The summed E-state index contributed by atoms with van der Waals surface area (Å²) in [4.78, 5) is 0. The molecule has 0 saturated carbocycles. The van der Waals surface area contributed by atoms with Crippen LogP contribution in [0.4, 0.5) is 0 Å². The summed E-state index contributed by atoms with van der Waals surface area (Å²) in [5, 5.41) is 19.3. The molecule has 2 heteroatoms. The average molecular weight is 228 g/mol. The Kier molecular flexibility index (Phi) is 2.80. The third-order valence-electron chi connectivity index (χ3n) is 3.09. The number of phenols is 2. The summed E-state index contributed by atoms with van der Waals surface area (Å²) in [5.74, 6) is 0.580. The summed E-state index contributed by atoms with van der Waals surface area (Å²) in [7, 11) is 0. The molecule has 2 aromatic rings. The number of benzene rings is 2. The Morgan fingerprint density at radius 3 is 2.06 bits per heavy atom. The van der Waals surface area contributed by atoms with Gasteiger partial charge in [-0.2, -0.15) is 0 Å². The van der Waals surface area contributed by atoms with E-state index in [4.69, 9.17) is 0 Å². The van der Waals surface area contributed by atoms with E-state index in [0.29, 0.717) is 5.75 Å². The number of hydrogen-bond donors (Lipinski definition) is 2. The molecule has 2 aromatic carbocycles. The Balaban J connectivity index is 2.73. The van der Waals surface area contributed by atoms with Crippen molar-refractivity contribution in [1.29, 1.82) is 0 Å². The molecule has 0 aliphatic heterocycles. The van der Waals surface area contributed by atoms with E-state index in [2.05, 4.69) is 0 Å². The highest BCUT2D eigenvalue weighted by molar-refractivity contribution is 5.76. The van der Waals surface area contributed by atoms with Gasteiger partial charge in [-0.1, -0.05) is 12.1 Å². The summed E-state index contributed by atoms with van der Waals surface area (Å²) in [6, 6.07) is 8.99. The third-order valence-corrected chi connectivity index (χ3v) is 3.09. The highest BCUT2D eigenvalue weighted by Gasteiger charge is 2.11. The predicted octanol–water partition coefficient (Wildman–Crippen LogP) is 3.69. The van der Waals surface area contributed by atoms with Gasteiger partial charge in [-0.3, -0.25) is 0 Å². The lowest BCUT2D eigenvalue weighted by molar-refractivity contribution is 0.471. The van der Waals surface area contributed by atoms with Crippen molar-refractivity contribution in [2.24, 2.45) is 0 Å². The molecule has 0 saturated heterocycles. The van der Waals surface area contributed by atoms with Crippen LogP contribution in [0.2, 0.25) is 0 Å². The van der Waals surface area contributed by atoms with E-state index >= 15 is 0 Å². The van der Waals surface area contributed by atoms with Crippen LogP contribution in [0.15, 0.2) is 30.3 Å². The fourth-order valence-corrected chi connectivity index (χ4v) is 2.26. The minimum Gasteiger partial charge on any atom is -0.508 e. The molecule has 0 amide bonds. The van der Waals surface area contributed by atoms with Crippen LogP contribution in [0.3, 0.4) is 0 Å². The maximum absolute atomic E-state index is 9.75. The summed E-state index contributed by atoms with van der Waals surface area (Å²) in [6.07, 6.45) is 0. The normalized spacial score (nSPS) is 10.5. The van der Waals surface area contributed by atoms with Gasteiger partial charge in [-0.05, 0) is 66.8 Å². The van der Waals surface area contributed by atoms with Crippen molar-refractivity contribution >= 4 is 0 Å². The minimum atomic E-state index is 0.279. The first-order chi connectivity index (χ1) is 8.00. The zero-order valence-electron chi connectivity index (χ0n) is 10.3. The predicted molar refractivity (Wildman–Crippen MR) is 69.4 cm³/mol. The molecule has 0 radical (unpaired) electrons. The van der Waals surface area contributed by atoms with Gasteiger partial charge >= 0.3 is 0 Å². The van der Waals surface area contributed by atoms with Crippen LogP contribution in [0.5, 0.6) is 11.5 Å². The molecule has 0 aliphatic rings. The van der Waals surface area contributed by atoms with Crippen molar-refractivity contribution in [3.63, 3.8) is 0 Å². The molecule has 0 aromatic heterocycles. The third kappa shape index (κ3) is 1.98. The molecule has 0 unspecified atom stereocenters. The zero-order chi connectivity index (χ0) is 12.6. The molecule has 0 spiro atoms. The maximum Gasteiger partial charge on any atom is 0.119 e. The van der Waals surface area contributed by atoms with Crippen LogP contribution in [-0.2, 0) is 0 Å². The highest BCUT2D eigenvalue weighted by Crippen LogP contribution is 2.35. The number of hydrogen-bond acceptors (Lipinski definition) is 2. The second-order valence-electron chi connectivity index (χ2n) is 4.40. The molecule has 0 atom stereocenters. The Bertz CT molecular complexity index is 548. The molecule has 2 rings (SSSR count). The molecule has 0 bridgehead atoms. The smallest absolute Gasteiger partial charge is 0.119 e. The van der Waals surface area contributed by atoms with E-state index in [1.807, 2.05) is 32.9 Å². The van der Waals surface area contributed by atoms with Crippen LogP contribution in [-0.4, -0.2) is 10.2 Å². The van der Waals surface area contributed by atoms with Gasteiger partial charge in [-0.25, -0.2) is 0 Å². The monoisotopic (exact) mass is 228 g/mol. The minimum absolute atomic E-state index is 0.279. The maximum atomic E-state index is 9.75. The SMILES string of the molecule is Cc1cc(O)cc(C)c1-c1cccc(O)c1C. The quantitative estimate of drug-likeness (QED) is 0.781. The van der Waals surface area contributed by atoms with E-state index in [9.17, 15) is 10.2 Å². The summed E-state index contributed by atoms with van der Waals surface area (Å²) >= 11 is 0. The van der Waals surface area contributed by atoms with Gasteiger partial charge in [-0.15, -0.1) is 0 Å². The number of phenolic OH excluding ortho intramolecular Hbond substituents is 2. The Morgan fingerprint density at radius 1 is 0.882 bits per heavy atom. The van der Waals surface area contributed by atoms with E-state index < -0.39 is 0 Å². The van der Waals surface area contributed by atoms with Crippen LogP contribution in [0.1, 0.15) is 16.7 Å². The molecular formula is C15H16O2. The lowest BCUT2D eigenvalue weighted by Crippen LogP contribution is -1.91. The molecular weight excluding hydrogens is 212 g/mol. The second-order valence-corrected chi connectivity index (χ2v) is 4.40. The first-order valence-electron chi connectivity index (χ1n) is 5.60. The van der Waals surface area contributed by atoms with Gasteiger partial charge in [0.25, 0.3) is 0 Å². The van der Waals surface area contributed by atoms with Crippen molar-refractivity contribution in [2.45, 2.75) is 20.8 Å². The van der Waals surface area contributed by atoms with Crippen molar-refractivity contribution in [1.82, 2.24) is 0 Å². The van der Waals surface area contributed by atoms with E-state index in [1.54, 1.807) is 18.2 Å². The van der Waals surface area contributed by atoms with Crippen LogP contribution in [0.25, 0.3) is 11.1 Å². The summed E-state index contributed by atoms with van der Waals surface area (Å²) < 4.78 is 0. The number of aromatic hydroxyl groups is 2. The molecule has 0 fully saturated rings. The number of aryl methyl sites for hydroxylation is 2. The molecule has 2 N–H and O–H groups in total. The van der Waals surface area contributed by atoms with Gasteiger partial charge in [0.2, 0.25) is 0 Å². The topological polar surface area (TPSA) is 40.5 Å². The molecule has 2 nitrogen and oxygen atoms in total. The summed E-state index contributed by atoms with van der Waals surface area (Å²) in [6.45, 7) is 5.83. The zero-order valence-corrected chi connectivity index (χ0v) is 10.3. The van der Waals surface area contributed by atoms with Gasteiger partial charge < -0.3 is 10.2 Å². The molecule has 17 heavy (non-hydrogen) atoms.